The van der Waals surface area contributed by atoms with Gasteiger partial charge in [0.1, 0.15) is 11.4 Å². The molecule has 2 aromatic carbocycles. The summed E-state index contributed by atoms with van der Waals surface area (Å²) in [5, 5.41) is 2.93. The van der Waals surface area contributed by atoms with E-state index in [9.17, 15) is 4.79 Å². The lowest BCUT2D eigenvalue weighted by Gasteiger charge is -2.04. The highest BCUT2D eigenvalue weighted by atomic mass is 16.5. The van der Waals surface area contributed by atoms with E-state index in [-0.39, 0.29) is 5.91 Å². The van der Waals surface area contributed by atoms with Crippen molar-refractivity contribution in [3.8, 4) is 17.0 Å². The molecule has 28 heavy (non-hydrogen) atoms. The largest absolute Gasteiger partial charge is 0.497 e. The monoisotopic (exact) mass is 367 g/mol. The SMILES string of the molecule is COc1ccc(-c2nc3ccccn3c2/C=C2/C(=O)Nc3ccccc32)cc1. The zero-order valence-electron chi connectivity index (χ0n) is 15.2. The molecule has 1 N–H and O–H groups in total. The van der Waals surface area contributed by atoms with Crippen LogP contribution in [0.25, 0.3) is 28.6 Å². The molecule has 5 rings (SSSR count). The maximum Gasteiger partial charge on any atom is 0.256 e. The van der Waals surface area contributed by atoms with Crippen molar-refractivity contribution in [3.63, 3.8) is 0 Å². The van der Waals surface area contributed by atoms with Crippen LogP contribution in [0.1, 0.15) is 11.3 Å². The molecular formula is C23H17N3O2. The number of anilines is 1. The highest BCUT2D eigenvalue weighted by Crippen LogP contribution is 2.35. The average Bonchev–Trinajstić information content (AvgIpc) is 3.26. The van der Waals surface area contributed by atoms with Gasteiger partial charge in [-0.3, -0.25) is 9.20 Å². The van der Waals surface area contributed by atoms with Crippen molar-refractivity contribution in [2.24, 2.45) is 0 Å². The predicted molar refractivity (Wildman–Crippen MR) is 110 cm³/mol. The van der Waals surface area contributed by atoms with Crippen molar-refractivity contribution in [1.82, 2.24) is 9.38 Å². The fourth-order valence-electron chi connectivity index (χ4n) is 3.53. The van der Waals surface area contributed by atoms with E-state index < -0.39 is 0 Å². The minimum Gasteiger partial charge on any atom is -0.497 e. The number of rotatable bonds is 3. The number of nitrogens with one attached hydrogen (secondary N) is 1. The minimum atomic E-state index is -0.104. The van der Waals surface area contributed by atoms with E-state index in [1.54, 1.807) is 7.11 Å². The standard InChI is InChI=1S/C23H17N3O2/c1-28-16-11-9-15(10-12-16)22-20(26-13-5-4-8-21(26)25-22)14-18-17-6-2-3-7-19(17)24-23(18)27/h2-14H,1H3,(H,24,27)/b18-14+. The quantitative estimate of drug-likeness (QED) is 0.542. The van der Waals surface area contributed by atoms with Crippen molar-refractivity contribution in [2.45, 2.75) is 0 Å². The van der Waals surface area contributed by atoms with Crippen LogP contribution in [-0.4, -0.2) is 22.4 Å². The number of nitrogens with zero attached hydrogens (tertiary/aromatic N) is 2. The van der Waals surface area contributed by atoms with Crippen LogP contribution in [-0.2, 0) is 4.79 Å². The molecule has 0 fully saturated rings. The minimum absolute atomic E-state index is 0.104. The number of carbonyl (C=O) groups is 1. The number of fused-ring (bicyclic) bond motifs is 2. The molecule has 0 saturated heterocycles. The van der Waals surface area contributed by atoms with Gasteiger partial charge in [-0.2, -0.15) is 0 Å². The van der Waals surface area contributed by atoms with Gasteiger partial charge in [-0.05, 0) is 48.5 Å². The van der Waals surface area contributed by atoms with E-state index in [1.165, 1.54) is 0 Å². The first kappa shape index (κ1) is 16.3. The number of amides is 1. The number of carbonyl (C=O) groups excluding carboxylic acids is 1. The molecular weight excluding hydrogens is 350 g/mol. The van der Waals surface area contributed by atoms with Crippen molar-refractivity contribution >= 4 is 28.9 Å². The van der Waals surface area contributed by atoms with Gasteiger partial charge in [-0.15, -0.1) is 0 Å². The van der Waals surface area contributed by atoms with Gasteiger partial charge >= 0.3 is 0 Å². The Balaban J connectivity index is 1.74. The van der Waals surface area contributed by atoms with Gasteiger partial charge < -0.3 is 10.1 Å². The maximum atomic E-state index is 12.6. The van der Waals surface area contributed by atoms with Gasteiger partial charge in [0, 0.05) is 23.0 Å². The highest BCUT2D eigenvalue weighted by molar-refractivity contribution is 6.35. The van der Waals surface area contributed by atoms with Crippen LogP contribution >= 0.6 is 0 Å². The molecule has 0 bridgehead atoms. The van der Waals surface area contributed by atoms with E-state index in [0.29, 0.717) is 5.57 Å². The molecule has 1 aliphatic rings. The van der Waals surface area contributed by atoms with E-state index in [2.05, 4.69) is 5.32 Å². The zero-order chi connectivity index (χ0) is 19.1. The second kappa shape index (κ2) is 6.39. The number of para-hydroxylation sites is 1. The number of hydrogen-bond donors (Lipinski definition) is 1. The predicted octanol–water partition coefficient (Wildman–Crippen LogP) is 4.50. The summed E-state index contributed by atoms with van der Waals surface area (Å²) in [6.07, 6.45) is 3.88. The number of pyridine rings is 1. The van der Waals surface area contributed by atoms with Crippen LogP contribution in [0, 0.1) is 0 Å². The first-order valence-electron chi connectivity index (χ1n) is 8.98. The topological polar surface area (TPSA) is 55.6 Å². The van der Waals surface area contributed by atoms with Crippen molar-refractivity contribution in [3.05, 3.63) is 84.2 Å². The van der Waals surface area contributed by atoms with Gasteiger partial charge in [0.2, 0.25) is 0 Å². The summed E-state index contributed by atoms with van der Waals surface area (Å²) in [5.74, 6) is 0.685. The van der Waals surface area contributed by atoms with Crippen LogP contribution in [0.4, 0.5) is 5.69 Å². The molecule has 136 valence electrons. The lowest BCUT2D eigenvalue weighted by atomic mass is 10.0. The Kier molecular flexibility index (Phi) is 3.72. The number of aromatic nitrogens is 2. The number of benzene rings is 2. The first-order chi connectivity index (χ1) is 13.7. The third kappa shape index (κ3) is 2.56. The van der Waals surface area contributed by atoms with Crippen molar-refractivity contribution in [2.75, 3.05) is 12.4 Å². The molecule has 1 aliphatic heterocycles. The third-order valence-electron chi connectivity index (χ3n) is 4.92. The molecule has 5 nitrogen and oxygen atoms in total. The summed E-state index contributed by atoms with van der Waals surface area (Å²) in [4.78, 5) is 17.4. The Morgan fingerprint density at radius 2 is 1.79 bits per heavy atom. The summed E-state index contributed by atoms with van der Waals surface area (Å²) in [6, 6.07) is 21.4. The second-order valence-corrected chi connectivity index (χ2v) is 6.56. The van der Waals surface area contributed by atoms with E-state index in [1.807, 2.05) is 83.4 Å². The number of imidazole rings is 1. The Morgan fingerprint density at radius 3 is 2.61 bits per heavy atom. The van der Waals surface area contributed by atoms with Gasteiger partial charge in [0.15, 0.2) is 0 Å². The number of hydrogen-bond acceptors (Lipinski definition) is 3. The summed E-state index contributed by atoms with van der Waals surface area (Å²) in [5.41, 5.74) is 5.84. The Bertz CT molecular complexity index is 1240. The van der Waals surface area contributed by atoms with Gasteiger partial charge in [0.25, 0.3) is 5.91 Å². The fourth-order valence-corrected chi connectivity index (χ4v) is 3.53. The van der Waals surface area contributed by atoms with Gasteiger partial charge in [-0.1, -0.05) is 24.3 Å². The number of ether oxygens (including phenoxy) is 1. The molecule has 0 radical (unpaired) electrons. The third-order valence-corrected chi connectivity index (χ3v) is 4.92. The van der Waals surface area contributed by atoms with Gasteiger partial charge in [0.05, 0.1) is 24.1 Å². The van der Waals surface area contributed by atoms with Gasteiger partial charge in [-0.25, -0.2) is 4.98 Å². The molecule has 0 aliphatic carbocycles. The van der Waals surface area contributed by atoms with Crippen LogP contribution in [0.3, 0.4) is 0 Å². The summed E-state index contributed by atoms with van der Waals surface area (Å²) >= 11 is 0. The number of methoxy groups -OCH3 is 1. The van der Waals surface area contributed by atoms with E-state index >= 15 is 0 Å². The van der Waals surface area contributed by atoms with Crippen molar-refractivity contribution in [1.29, 1.82) is 0 Å². The molecule has 0 atom stereocenters. The lowest BCUT2D eigenvalue weighted by molar-refractivity contribution is -0.110. The van der Waals surface area contributed by atoms with E-state index in [0.717, 1.165) is 39.6 Å². The Hall–Kier alpha value is -3.86. The summed E-state index contributed by atoms with van der Waals surface area (Å²) in [7, 11) is 1.64. The summed E-state index contributed by atoms with van der Waals surface area (Å²) < 4.78 is 7.27. The van der Waals surface area contributed by atoms with Crippen LogP contribution in [0.2, 0.25) is 0 Å². The lowest BCUT2D eigenvalue weighted by Crippen LogP contribution is -2.04. The molecule has 2 aromatic heterocycles. The Morgan fingerprint density at radius 1 is 1.00 bits per heavy atom. The van der Waals surface area contributed by atoms with E-state index in [4.69, 9.17) is 9.72 Å². The normalized spacial score (nSPS) is 14.3. The van der Waals surface area contributed by atoms with Crippen LogP contribution in [0.15, 0.2) is 72.9 Å². The second-order valence-electron chi connectivity index (χ2n) is 6.56. The Labute approximate surface area is 161 Å². The maximum absolute atomic E-state index is 12.6. The molecule has 3 heterocycles. The molecule has 5 heteroatoms. The highest BCUT2D eigenvalue weighted by Gasteiger charge is 2.25. The summed E-state index contributed by atoms with van der Waals surface area (Å²) in [6.45, 7) is 0. The average molecular weight is 367 g/mol. The van der Waals surface area contributed by atoms with Crippen molar-refractivity contribution < 1.29 is 9.53 Å². The zero-order valence-corrected chi connectivity index (χ0v) is 15.2. The first-order valence-corrected chi connectivity index (χ1v) is 8.98. The molecule has 0 unspecified atom stereocenters. The molecule has 0 spiro atoms. The molecule has 1 amide bonds. The fraction of sp³-hybridized carbons (Fsp3) is 0.0435. The molecule has 0 saturated carbocycles. The van der Waals surface area contributed by atoms with Crippen LogP contribution < -0.4 is 10.1 Å². The smallest absolute Gasteiger partial charge is 0.256 e. The van der Waals surface area contributed by atoms with Crippen LogP contribution in [0.5, 0.6) is 5.75 Å². The molecule has 4 aromatic rings.